The molecule has 2 rings (SSSR count). The van der Waals surface area contributed by atoms with Crippen LogP contribution in [0.4, 0.5) is 11.4 Å². The highest BCUT2D eigenvalue weighted by Crippen LogP contribution is 2.23. The van der Waals surface area contributed by atoms with Crippen LogP contribution in [-0.4, -0.2) is 32.6 Å². The minimum atomic E-state index is 0.124. The van der Waals surface area contributed by atoms with Crippen molar-refractivity contribution < 1.29 is 4.79 Å². The van der Waals surface area contributed by atoms with Gasteiger partial charge in [-0.2, -0.15) is 0 Å². The molecule has 1 aromatic rings. The van der Waals surface area contributed by atoms with Crippen LogP contribution in [0.3, 0.4) is 0 Å². The van der Waals surface area contributed by atoms with Gasteiger partial charge in [-0.3, -0.25) is 4.79 Å². The zero-order valence-electron chi connectivity index (χ0n) is 12.9. The standard InChI is InChI=1S/C16H25N3O/c1-11-9-14(19(3)4)5-6-15(11)18-16(20)13-7-8-17-12(2)10-13/h5-6,9,12-13,17H,7-8,10H2,1-4H3,(H,18,20). The molecule has 0 bridgehead atoms. The second-order valence-electron chi connectivity index (χ2n) is 5.96. The molecule has 1 aliphatic heterocycles. The summed E-state index contributed by atoms with van der Waals surface area (Å²) >= 11 is 0. The van der Waals surface area contributed by atoms with Crippen LogP contribution in [0.2, 0.25) is 0 Å². The van der Waals surface area contributed by atoms with E-state index in [1.807, 2.05) is 33.2 Å². The number of aryl methyl sites for hydroxylation is 1. The quantitative estimate of drug-likeness (QED) is 0.890. The van der Waals surface area contributed by atoms with Crippen LogP contribution < -0.4 is 15.5 Å². The predicted molar refractivity (Wildman–Crippen MR) is 84.3 cm³/mol. The van der Waals surface area contributed by atoms with Crippen LogP contribution in [0.5, 0.6) is 0 Å². The molecule has 0 radical (unpaired) electrons. The fourth-order valence-corrected chi connectivity index (χ4v) is 2.67. The SMILES string of the molecule is Cc1cc(N(C)C)ccc1NC(=O)C1CCNC(C)C1. The summed E-state index contributed by atoms with van der Waals surface area (Å²) in [5.74, 6) is 0.276. The van der Waals surface area contributed by atoms with Gasteiger partial charge in [0, 0.05) is 37.4 Å². The first-order chi connectivity index (χ1) is 9.47. The molecule has 2 N–H and O–H groups in total. The van der Waals surface area contributed by atoms with Crippen molar-refractivity contribution in [2.24, 2.45) is 5.92 Å². The number of amides is 1. The van der Waals surface area contributed by atoms with Gasteiger partial charge in [-0.05, 0) is 57.0 Å². The van der Waals surface area contributed by atoms with Crippen LogP contribution >= 0.6 is 0 Å². The number of hydrogen-bond donors (Lipinski definition) is 2. The Morgan fingerprint density at radius 1 is 1.40 bits per heavy atom. The van der Waals surface area contributed by atoms with E-state index in [0.717, 1.165) is 36.3 Å². The van der Waals surface area contributed by atoms with Crippen molar-refractivity contribution in [2.75, 3.05) is 30.9 Å². The topological polar surface area (TPSA) is 44.4 Å². The molecule has 1 heterocycles. The smallest absolute Gasteiger partial charge is 0.227 e. The number of nitrogens with zero attached hydrogens (tertiary/aromatic N) is 1. The summed E-state index contributed by atoms with van der Waals surface area (Å²) in [6.45, 7) is 5.10. The highest BCUT2D eigenvalue weighted by molar-refractivity contribution is 5.93. The summed E-state index contributed by atoms with van der Waals surface area (Å²) in [4.78, 5) is 14.4. The molecule has 1 fully saturated rings. The summed E-state index contributed by atoms with van der Waals surface area (Å²) < 4.78 is 0. The Balaban J connectivity index is 2.04. The van der Waals surface area contributed by atoms with Crippen molar-refractivity contribution in [3.8, 4) is 0 Å². The van der Waals surface area contributed by atoms with E-state index in [9.17, 15) is 4.79 Å². The molecule has 4 heteroatoms. The van der Waals surface area contributed by atoms with Crippen LogP contribution in [0, 0.1) is 12.8 Å². The van der Waals surface area contributed by atoms with Crippen LogP contribution in [0.25, 0.3) is 0 Å². The minimum absolute atomic E-state index is 0.124. The summed E-state index contributed by atoms with van der Waals surface area (Å²) in [5, 5.41) is 6.46. The molecule has 0 aromatic heterocycles. The highest BCUT2D eigenvalue weighted by atomic mass is 16.1. The van der Waals surface area contributed by atoms with E-state index in [4.69, 9.17) is 0 Å². The third-order valence-corrected chi connectivity index (χ3v) is 3.98. The van der Waals surface area contributed by atoms with E-state index in [0.29, 0.717) is 6.04 Å². The fraction of sp³-hybridized carbons (Fsp3) is 0.562. The summed E-state index contributed by atoms with van der Waals surface area (Å²) in [7, 11) is 4.03. The van der Waals surface area contributed by atoms with Gasteiger partial charge < -0.3 is 15.5 Å². The number of piperidine rings is 1. The number of anilines is 2. The first-order valence-corrected chi connectivity index (χ1v) is 7.29. The molecule has 4 nitrogen and oxygen atoms in total. The molecule has 0 spiro atoms. The third kappa shape index (κ3) is 3.51. The Hall–Kier alpha value is -1.55. The molecular formula is C16H25N3O. The van der Waals surface area contributed by atoms with E-state index in [2.05, 4.69) is 28.5 Å². The zero-order valence-corrected chi connectivity index (χ0v) is 12.9. The molecule has 1 saturated heterocycles. The van der Waals surface area contributed by atoms with Crippen molar-refractivity contribution in [1.82, 2.24) is 5.32 Å². The van der Waals surface area contributed by atoms with E-state index < -0.39 is 0 Å². The van der Waals surface area contributed by atoms with Gasteiger partial charge in [0.05, 0.1) is 0 Å². The van der Waals surface area contributed by atoms with Gasteiger partial charge in [-0.25, -0.2) is 0 Å². The third-order valence-electron chi connectivity index (χ3n) is 3.98. The average Bonchev–Trinajstić information content (AvgIpc) is 2.40. The average molecular weight is 275 g/mol. The van der Waals surface area contributed by atoms with Gasteiger partial charge in [0.15, 0.2) is 0 Å². The van der Waals surface area contributed by atoms with Gasteiger partial charge in [0.2, 0.25) is 5.91 Å². The maximum absolute atomic E-state index is 12.3. The molecule has 0 aliphatic carbocycles. The van der Waals surface area contributed by atoms with Crippen LogP contribution in [-0.2, 0) is 4.79 Å². The van der Waals surface area contributed by atoms with E-state index >= 15 is 0 Å². The van der Waals surface area contributed by atoms with E-state index in [-0.39, 0.29) is 11.8 Å². The summed E-state index contributed by atoms with van der Waals surface area (Å²) in [6, 6.07) is 6.55. The lowest BCUT2D eigenvalue weighted by atomic mass is 9.92. The maximum atomic E-state index is 12.3. The Labute approximate surface area is 121 Å². The monoisotopic (exact) mass is 275 g/mol. The largest absolute Gasteiger partial charge is 0.378 e. The molecule has 1 aliphatic rings. The molecular weight excluding hydrogens is 250 g/mol. The fourth-order valence-electron chi connectivity index (χ4n) is 2.67. The molecule has 110 valence electrons. The van der Waals surface area contributed by atoms with Crippen LogP contribution in [0.15, 0.2) is 18.2 Å². The first kappa shape index (κ1) is 14.9. The molecule has 2 unspecified atom stereocenters. The van der Waals surface area contributed by atoms with Gasteiger partial charge in [-0.1, -0.05) is 0 Å². The Morgan fingerprint density at radius 2 is 2.15 bits per heavy atom. The number of rotatable bonds is 3. The van der Waals surface area contributed by atoms with Gasteiger partial charge in [0.1, 0.15) is 0 Å². The second kappa shape index (κ2) is 6.27. The molecule has 1 amide bonds. The van der Waals surface area contributed by atoms with E-state index in [1.165, 1.54) is 0 Å². The van der Waals surface area contributed by atoms with Crippen molar-refractivity contribution in [1.29, 1.82) is 0 Å². The number of hydrogen-bond acceptors (Lipinski definition) is 3. The van der Waals surface area contributed by atoms with Crippen molar-refractivity contribution in [3.63, 3.8) is 0 Å². The van der Waals surface area contributed by atoms with Crippen molar-refractivity contribution >= 4 is 17.3 Å². The Kier molecular flexibility index (Phi) is 4.65. The predicted octanol–water partition coefficient (Wildman–Crippen LogP) is 2.39. The van der Waals surface area contributed by atoms with Crippen LogP contribution in [0.1, 0.15) is 25.3 Å². The van der Waals surface area contributed by atoms with Crippen molar-refractivity contribution in [2.45, 2.75) is 32.7 Å². The summed E-state index contributed by atoms with van der Waals surface area (Å²) in [5.41, 5.74) is 3.18. The molecule has 20 heavy (non-hydrogen) atoms. The lowest BCUT2D eigenvalue weighted by Gasteiger charge is -2.27. The Morgan fingerprint density at radius 3 is 2.75 bits per heavy atom. The second-order valence-corrected chi connectivity index (χ2v) is 5.96. The lowest BCUT2D eigenvalue weighted by molar-refractivity contribution is -0.120. The lowest BCUT2D eigenvalue weighted by Crippen LogP contribution is -2.40. The number of carbonyl (C=O) groups excluding carboxylic acids is 1. The molecule has 2 atom stereocenters. The zero-order chi connectivity index (χ0) is 14.7. The highest BCUT2D eigenvalue weighted by Gasteiger charge is 2.24. The molecule has 0 saturated carbocycles. The van der Waals surface area contributed by atoms with Gasteiger partial charge in [-0.15, -0.1) is 0 Å². The number of nitrogens with one attached hydrogen (secondary N) is 2. The first-order valence-electron chi connectivity index (χ1n) is 7.29. The van der Waals surface area contributed by atoms with Gasteiger partial charge >= 0.3 is 0 Å². The Bertz CT molecular complexity index is 485. The number of carbonyl (C=O) groups is 1. The molecule has 1 aromatic carbocycles. The summed E-state index contributed by atoms with van der Waals surface area (Å²) in [6.07, 6.45) is 1.84. The van der Waals surface area contributed by atoms with E-state index in [1.54, 1.807) is 0 Å². The minimum Gasteiger partial charge on any atom is -0.378 e. The van der Waals surface area contributed by atoms with Crippen molar-refractivity contribution in [3.05, 3.63) is 23.8 Å². The van der Waals surface area contributed by atoms with Gasteiger partial charge in [0.25, 0.3) is 0 Å². The normalized spacial score (nSPS) is 22.4. The maximum Gasteiger partial charge on any atom is 0.227 e. The number of benzene rings is 1.